The van der Waals surface area contributed by atoms with Crippen LogP contribution in [0.15, 0.2) is 17.4 Å². The molecule has 3 rings (SSSR count). The highest BCUT2D eigenvalue weighted by Gasteiger charge is 2.52. The second-order valence-electron chi connectivity index (χ2n) is 4.92. The van der Waals surface area contributed by atoms with Gasteiger partial charge in [-0.05, 0) is 6.92 Å². The number of nitrogens with one attached hydrogen (secondary N) is 1. The number of aromatic amines is 1. The van der Waals surface area contributed by atoms with E-state index in [9.17, 15) is 20.1 Å². The molecule has 1 saturated heterocycles. The molecule has 1 unspecified atom stereocenters. The minimum Gasteiger partial charge on any atom is -0.394 e. The van der Waals surface area contributed by atoms with E-state index in [1.165, 1.54) is 24.1 Å². The van der Waals surface area contributed by atoms with Crippen molar-refractivity contribution in [1.82, 2.24) is 19.5 Å². The largest absolute Gasteiger partial charge is 0.394 e. The van der Waals surface area contributed by atoms with E-state index in [4.69, 9.17) is 4.74 Å². The Kier molecular flexibility index (Phi) is 2.87. The standard InChI is InChI=1S/C11H14N4O5/c1-11(19)5(2-16)20-10(7(11)17)15-4-14-6-8(15)12-3-13-9(6)18/h3-5,7,10,16-17,19H,2H2,1H3,(H,12,13,18)/t5-,7?,10-,11-/m1/s1. The van der Waals surface area contributed by atoms with Gasteiger partial charge in [0.15, 0.2) is 17.4 Å². The van der Waals surface area contributed by atoms with Crippen molar-refractivity contribution in [1.29, 1.82) is 0 Å². The SMILES string of the molecule is C[C@]1(O)C(O)[C@H](n2cnc3c(=O)[nH]cnc32)O[C@@H]1CO. The molecular formula is C11H14N4O5. The fourth-order valence-corrected chi connectivity index (χ4v) is 2.35. The van der Waals surface area contributed by atoms with Crippen LogP contribution in [-0.2, 0) is 4.74 Å². The Balaban J connectivity index is 2.09. The van der Waals surface area contributed by atoms with Crippen LogP contribution in [-0.4, -0.2) is 59.3 Å². The van der Waals surface area contributed by atoms with Gasteiger partial charge in [0, 0.05) is 0 Å². The van der Waals surface area contributed by atoms with Crippen LogP contribution in [0, 0.1) is 0 Å². The maximum Gasteiger partial charge on any atom is 0.278 e. The van der Waals surface area contributed by atoms with Crippen molar-refractivity contribution in [2.75, 3.05) is 6.61 Å². The lowest BCUT2D eigenvalue weighted by Crippen LogP contribution is -2.46. The Hall–Kier alpha value is -1.81. The molecule has 1 fully saturated rings. The van der Waals surface area contributed by atoms with Gasteiger partial charge in [0.1, 0.15) is 17.8 Å². The van der Waals surface area contributed by atoms with Crippen molar-refractivity contribution >= 4 is 11.2 Å². The molecular weight excluding hydrogens is 268 g/mol. The van der Waals surface area contributed by atoms with Crippen LogP contribution in [0.5, 0.6) is 0 Å². The lowest BCUT2D eigenvalue weighted by Gasteiger charge is -2.25. The number of aliphatic hydroxyl groups excluding tert-OH is 2. The lowest BCUT2D eigenvalue weighted by molar-refractivity contribution is -0.0804. The second kappa shape index (κ2) is 4.35. The lowest BCUT2D eigenvalue weighted by atomic mass is 9.95. The summed E-state index contributed by atoms with van der Waals surface area (Å²) in [6.45, 7) is 0.930. The summed E-state index contributed by atoms with van der Waals surface area (Å²) in [7, 11) is 0. The van der Waals surface area contributed by atoms with Crippen LogP contribution < -0.4 is 5.56 Å². The molecule has 4 atom stereocenters. The molecule has 0 radical (unpaired) electrons. The third-order valence-electron chi connectivity index (χ3n) is 3.63. The molecule has 3 heterocycles. The van der Waals surface area contributed by atoms with E-state index >= 15 is 0 Å². The van der Waals surface area contributed by atoms with Gasteiger partial charge >= 0.3 is 0 Å². The number of ether oxygens (including phenoxy) is 1. The average Bonchev–Trinajstić information content (AvgIpc) is 2.92. The zero-order valence-corrected chi connectivity index (χ0v) is 10.6. The van der Waals surface area contributed by atoms with Crippen molar-refractivity contribution in [3.05, 3.63) is 23.0 Å². The Morgan fingerprint density at radius 3 is 2.95 bits per heavy atom. The molecule has 0 spiro atoms. The van der Waals surface area contributed by atoms with E-state index in [1.54, 1.807) is 0 Å². The summed E-state index contributed by atoms with van der Waals surface area (Å²) in [5.41, 5.74) is -1.69. The Morgan fingerprint density at radius 1 is 1.55 bits per heavy atom. The molecule has 20 heavy (non-hydrogen) atoms. The molecule has 9 nitrogen and oxygen atoms in total. The van der Waals surface area contributed by atoms with Gasteiger partial charge in [0.2, 0.25) is 0 Å². The number of H-pyrrole nitrogens is 1. The highest BCUT2D eigenvalue weighted by molar-refractivity contribution is 5.68. The van der Waals surface area contributed by atoms with Gasteiger partial charge in [0.05, 0.1) is 19.3 Å². The monoisotopic (exact) mass is 282 g/mol. The molecule has 4 N–H and O–H groups in total. The van der Waals surface area contributed by atoms with Crippen LogP contribution in [0.1, 0.15) is 13.2 Å². The Bertz CT molecular complexity index is 693. The summed E-state index contributed by atoms with van der Waals surface area (Å²) >= 11 is 0. The zero-order valence-electron chi connectivity index (χ0n) is 10.6. The van der Waals surface area contributed by atoms with E-state index < -0.39 is 36.2 Å². The van der Waals surface area contributed by atoms with E-state index in [0.717, 1.165) is 0 Å². The molecule has 1 aliphatic rings. The van der Waals surface area contributed by atoms with Crippen molar-refractivity contribution < 1.29 is 20.1 Å². The Morgan fingerprint density at radius 2 is 2.30 bits per heavy atom. The number of fused-ring (bicyclic) bond motifs is 1. The van der Waals surface area contributed by atoms with Gasteiger partial charge in [-0.25, -0.2) is 9.97 Å². The van der Waals surface area contributed by atoms with Crippen molar-refractivity contribution in [2.24, 2.45) is 0 Å². The molecule has 2 aromatic rings. The third-order valence-corrected chi connectivity index (χ3v) is 3.63. The van der Waals surface area contributed by atoms with Gasteiger partial charge < -0.3 is 25.0 Å². The predicted octanol–water partition coefficient (Wildman–Crippen LogP) is -1.88. The summed E-state index contributed by atoms with van der Waals surface area (Å²) < 4.78 is 6.81. The van der Waals surface area contributed by atoms with E-state index in [2.05, 4.69) is 15.0 Å². The van der Waals surface area contributed by atoms with Crippen molar-refractivity contribution in [2.45, 2.75) is 31.0 Å². The molecule has 1 aliphatic heterocycles. The van der Waals surface area contributed by atoms with Gasteiger partial charge in [-0.1, -0.05) is 0 Å². The van der Waals surface area contributed by atoms with E-state index in [-0.39, 0.29) is 11.2 Å². The van der Waals surface area contributed by atoms with E-state index in [0.29, 0.717) is 0 Å². The highest BCUT2D eigenvalue weighted by atomic mass is 16.6. The van der Waals surface area contributed by atoms with Crippen molar-refractivity contribution in [3.63, 3.8) is 0 Å². The average molecular weight is 282 g/mol. The molecule has 0 saturated carbocycles. The van der Waals surface area contributed by atoms with Crippen molar-refractivity contribution in [3.8, 4) is 0 Å². The van der Waals surface area contributed by atoms with Crippen LogP contribution in [0.2, 0.25) is 0 Å². The first-order chi connectivity index (χ1) is 9.46. The first-order valence-electron chi connectivity index (χ1n) is 6.03. The predicted molar refractivity (Wildman–Crippen MR) is 65.8 cm³/mol. The molecule has 0 amide bonds. The van der Waals surface area contributed by atoms with Crippen LogP contribution in [0.3, 0.4) is 0 Å². The summed E-state index contributed by atoms with van der Waals surface area (Å²) in [6.07, 6.45) is -0.704. The number of aliphatic hydroxyl groups is 3. The quantitative estimate of drug-likeness (QED) is 0.506. The number of nitrogens with zero attached hydrogens (tertiary/aromatic N) is 3. The zero-order chi connectivity index (χ0) is 14.5. The fourth-order valence-electron chi connectivity index (χ4n) is 2.35. The number of imidazole rings is 1. The third kappa shape index (κ3) is 1.68. The van der Waals surface area contributed by atoms with Gasteiger partial charge in [-0.15, -0.1) is 0 Å². The topological polar surface area (TPSA) is 133 Å². The fraction of sp³-hybridized carbons (Fsp3) is 0.545. The van der Waals surface area contributed by atoms with Gasteiger partial charge in [-0.2, -0.15) is 0 Å². The first kappa shape index (κ1) is 13.2. The molecule has 0 aromatic carbocycles. The second-order valence-corrected chi connectivity index (χ2v) is 4.92. The minimum atomic E-state index is -1.61. The molecule has 0 bridgehead atoms. The summed E-state index contributed by atoms with van der Waals surface area (Å²) in [5.74, 6) is 0. The van der Waals surface area contributed by atoms with Crippen LogP contribution in [0.4, 0.5) is 0 Å². The first-order valence-corrected chi connectivity index (χ1v) is 6.03. The minimum absolute atomic E-state index is 0.107. The maximum atomic E-state index is 11.6. The maximum absolute atomic E-state index is 11.6. The molecule has 2 aromatic heterocycles. The summed E-state index contributed by atoms with van der Waals surface area (Å²) in [4.78, 5) is 21.9. The normalized spacial score (nSPS) is 33.9. The van der Waals surface area contributed by atoms with E-state index in [1.807, 2.05) is 0 Å². The molecule has 0 aliphatic carbocycles. The Labute approximate surface area is 112 Å². The number of aromatic nitrogens is 4. The number of hydrogen-bond donors (Lipinski definition) is 4. The van der Waals surface area contributed by atoms with Crippen LogP contribution in [0.25, 0.3) is 11.2 Å². The summed E-state index contributed by atoms with van der Waals surface area (Å²) in [6, 6.07) is 0. The van der Waals surface area contributed by atoms with Crippen LogP contribution >= 0.6 is 0 Å². The number of rotatable bonds is 2. The number of hydrogen-bond acceptors (Lipinski definition) is 7. The smallest absolute Gasteiger partial charge is 0.278 e. The highest BCUT2D eigenvalue weighted by Crippen LogP contribution is 2.37. The summed E-state index contributed by atoms with van der Waals surface area (Å²) in [5, 5.41) is 29.5. The van der Waals surface area contributed by atoms with Gasteiger partial charge in [0.25, 0.3) is 5.56 Å². The van der Waals surface area contributed by atoms with Gasteiger partial charge in [-0.3, -0.25) is 9.36 Å². The molecule has 9 heteroatoms. The molecule has 108 valence electrons.